The maximum atomic E-state index is 13.0. The van der Waals surface area contributed by atoms with Crippen molar-refractivity contribution < 1.29 is 36.0 Å². The van der Waals surface area contributed by atoms with Crippen LogP contribution < -0.4 is 10.6 Å². The lowest BCUT2D eigenvalue weighted by Crippen LogP contribution is -2.43. The number of pyridine rings is 1. The number of sulfone groups is 1. The lowest BCUT2D eigenvalue weighted by atomic mass is 10.0. The normalized spacial score (nSPS) is 16.5. The molecule has 0 saturated carbocycles. The Morgan fingerprint density at radius 1 is 1.12 bits per heavy atom. The van der Waals surface area contributed by atoms with Crippen molar-refractivity contribution in [1.29, 1.82) is 0 Å². The fourth-order valence-electron chi connectivity index (χ4n) is 3.13. The van der Waals surface area contributed by atoms with Crippen molar-refractivity contribution in [2.45, 2.75) is 36.3 Å². The van der Waals surface area contributed by atoms with Gasteiger partial charge in [0, 0.05) is 12.7 Å². The molecule has 0 atom stereocenters. The molecule has 1 aromatic carbocycles. The maximum Gasteiger partial charge on any atom is 0.501 e. The minimum Gasteiger partial charge on any atom is -0.364 e. The number of rotatable bonds is 5. The summed E-state index contributed by atoms with van der Waals surface area (Å²) in [4.78, 5) is 42.0. The molecule has 1 saturated heterocycles. The maximum absolute atomic E-state index is 13.0. The van der Waals surface area contributed by atoms with Crippen LogP contribution in [0.4, 0.5) is 23.7 Å². The van der Waals surface area contributed by atoms with Crippen LogP contribution in [0.2, 0.25) is 0 Å². The molecular formula is C19H17F3N4O5S. The van der Waals surface area contributed by atoms with Crippen LogP contribution in [0.25, 0.3) is 0 Å². The molecule has 13 heteroatoms. The summed E-state index contributed by atoms with van der Waals surface area (Å²) < 4.78 is 61.3. The van der Waals surface area contributed by atoms with E-state index in [1.165, 1.54) is 37.1 Å². The summed E-state index contributed by atoms with van der Waals surface area (Å²) in [5.41, 5.74) is -1.28. The highest BCUT2D eigenvalue weighted by Gasteiger charge is 2.52. The number of benzene rings is 1. The number of nitrogens with zero attached hydrogens (tertiary/aromatic N) is 3. The van der Waals surface area contributed by atoms with Crippen LogP contribution in [0.3, 0.4) is 0 Å². The van der Waals surface area contributed by atoms with Gasteiger partial charge in [-0.1, -0.05) is 0 Å². The smallest absolute Gasteiger partial charge is 0.364 e. The largest absolute Gasteiger partial charge is 0.501 e. The van der Waals surface area contributed by atoms with Crippen molar-refractivity contribution in [3.63, 3.8) is 0 Å². The van der Waals surface area contributed by atoms with Gasteiger partial charge in [-0.05, 0) is 55.8 Å². The molecule has 1 aliphatic rings. The Hall–Kier alpha value is -3.48. The summed E-state index contributed by atoms with van der Waals surface area (Å²) in [6.45, 7) is 2.87. The predicted molar refractivity (Wildman–Crippen MR) is 105 cm³/mol. The number of urea groups is 1. The molecule has 2 aromatic rings. The van der Waals surface area contributed by atoms with Crippen LogP contribution in [-0.2, 0) is 21.2 Å². The second-order valence-electron chi connectivity index (χ2n) is 7.42. The molecule has 0 spiro atoms. The quantitative estimate of drug-likeness (QED) is 0.667. The molecule has 0 unspecified atom stereocenters. The summed E-state index contributed by atoms with van der Waals surface area (Å²) in [6, 6.07) is 5.38. The standard InChI is InChI=1S/C19H17F3N4O5S/c1-18(2)16(28)26(12-3-5-13(6-4-12)32(30,31)19(20,21)22)17(29)25(18)10-11-7-8-24-14(9-11)15(23)27/h3-9H,10H2,1-2H3,(H2,23,27). The molecule has 3 rings (SSSR count). The Balaban J connectivity index is 1.93. The van der Waals surface area contributed by atoms with Gasteiger partial charge in [0.1, 0.15) is 11.2 Å². The number of carbonyl (C=O) groups is 3. The first-order chi connectivity index (χ1) is 14.7. The van der Waals surface area contributed by atoms with Crippen LogP contribution in [0.1, 0.15) is 29.9 Å². The first-order valence-electron chi connectivity index (χ1n) is 9.00. The molecular weight excluding hydrogens is 453 g/mol. The van der Waals surface area contributed by atoms with Crippen molar-refractivity contribution >= 4 is 33.4 Å². The van der Waals surface area contributed by atoms with Crippen LogP contribution in [-0.4, -0.2) is 47.2 Å². The van der Waals surface area contributed by atoms with Gasteiger partial charge in [0.2, 0.25) is 0 Å². The van der Waals surface area contributed by atoms with Crippen LogP contribution in [0.5, 0.6) is 0 Å². The third-order valence-corrected chi connectivity index (χ3v) is 6.45. The fraction of sp³-hybridized carbons (Fsp3) is 0.263. The lowest BCUT2D eigenvalue weighted by Gasteiger charge is -2.27. The highest BCUT2D eigenvalue weighted by molar-refractivity contribution is 7.92. The van der Waals surface area contributed by atoms with Gasteiger partial charge in [0.25, 0.3) is 21.7 Å². The van der Waals surface area contributed by atoms with Gasteiger partial charge in [-0.3, -0.25) is 14.6 Å². The van der Waals surface area contributed by atoms with E-state index in [4.69, 9.17) is 5.73 Å². The number of imide groups is 1. The van der Waals surface area contributed by atoms with Crippen molar-refractivity contribution in [3.8, 4) is 0 Å². The molecule has 0 radical (unpaired) electrons. The Morgan fingerprint density at radius 3 is 2.25 bits per heavy atom. The zero-order valence-electron chi connectivity index (χ0n) is 16.8. The Labute approximate surface area is 180 Å². The molecule has 170 valence electrons. The second kappa shape index (κ2) is 7.58. The van der Waals surface area contributed by atoms with E-state index < -0.39 is 43.6 Å². The van der Waals surface area contributed by atoms with E-state index in [2.05, 4.69) is 4.98 Å². The predicted octanol–water partition coefficient (Wildman–Crippen LogP) is 2.22. The monoisotopic (exact) mass is 470 g/mol. The first kappa shape index (κ1) is 23.2. The van der Waals surface area contributed by atoms with Gasteiger partial charge in [-0.25, -0.2) is 18.1 Å². The van der Waals surface area contributed by atoms with Crippen LogP contribution in [0, 0.1) is 0 Å². The van der Waals surface area contributed by atoms with E-state index in [9.17, 15) is 36.0 Å². The molecule has 0 aliphatic carbocycles. The van der Waals surface area contributed by atoms with E-state index in [1.807, 2.05) is 0 Å². The summed E-state index contributed by atoms with van der Waals surface area (Å²) in [5.74, 6) is -1.44. The number of anilines is 1. The molecule has 4 amide bonds. The molecule has 2 N–H and O–H groups in total. The average molecular weight is 470 g/mol. The molecule has 0 bridgehead atoms. The Kier molecular flexibility index (Phi) is 5.50. The van der Waals surface area contributed by atoms with E-state index >= 15 is 0 Å². The number of hydrogen-bond acceptors (Lipinski definition) is 6. The highest BCUT2D eigenvalue weighted by Crippen LogP contribution is 2.35. The Bertz CT molecular complexity index is 1210. The van der Waals surface area contributed by atoms with Gasteiger partial charge in [-0.15, -0.1) is 0 Å². The molecule has 1 aromatic heterocycles. The summed E-state index contributed by atoms with van der Waals surface area (Å²) >= 11 is 0. The van der Waals surface area contributed by atoms with Gasteiger partial charge in [0.05, 0.1) is 10.6 Å². The molecule has 2 heterocycles. The zero-order valence-corrected chi connectivity index (χ0v) is 17.6. The topological polar surface area (TPSA) is 131 Å². The molecule has 9 nitrogen and oxygen atoms in total. The Morgan fingerprint density at radius 2 is 1.72 bits per heavy atom. The van der Waals surface area contributed by atoms with E-state index in [0.717, 1.165) is 17.0 Å². The van der Waals surface area contributed by atoms with Gasteiger partial charge < -0.3 is 10.6 Å². The molecule has 32 heavy (non-hydrogen) atoms. The minimum absolute atomic E-state index is 0.0309. The highest BCUT2D eigenvalue weighted by atomic mass is 32.2. The number of alkyl halides is 3. The third kappa shape index (κ3) is 3.79. The molecule has 1 aliphatic heterocycles. The number of nitrogens with two attached hydrogens (primary N) is 1. The summed E-state index contributed by atoms with van der Waals surface area (Å²) in [6.07, 6.45) is 1.32. The number of aromatic nitrogens is 1. The first-order valence-corrected chi connectivity index (χ1v) is 10.5. The summed E-state index contributed by atoms with van der Waals surface area (Å²) in [7, 11) is -5.57. The minimum atomic E-state index is -5.57. The third-order valence-electron chi connectivity index (χ3n) is 4.95. The van der Waals surface area contributed by atoms with Crippen molar-refractivity contribution in [2.75, 3.05) is 4.90 Å². The SMILES string of the molecule is CC1(C)C(=O)N(c2ccc(S(=O)(=O)C(F)(F)F)cc2)C(=O)N1Cc1ccnc(C(N)=O)c1. The van der Waals surface area contributed by atoms with Crippen molar-refractivity contribution in [2.24, 2.45) is 5.73 Å². The number of amides is 4. The zero-order chi connectivity index (χ0) is 24.1. The number of primary amides is 1. The van der Waals surface area contributed by atoms with Gasteiger partial charge in [0.15, 0.2) is 0 Å². The van der Waals surface area contributed by atoms with E-state index in [-0.39, 0.29) is 17.9 Å². The second-order valence-corrected chi connectivity index (χ2v) is 9.37. The van der Waals surface area contributed by atoms with Crippen LogP contribution in [0.15, 0.2) is 47.5 Å². The van der Waals surface area contributed by atoms with E-state index in [0.29, 0.717) is 17.7 Å². The number of hydrogen-bond donors (Lipinski definition) is 1. The van der Waals surface area contributed by atoms with E-state index in [1.54, 1.807) is 0 Å². The fourth-order valence-corrected chi connectivity index (χ4v) is 3.89. The van der Waals surface area contributed by atoms with Gasteiger partial charge in [-0.2, -0.15) is 13.2 Å². The number of halogens is 3. The van der Waals surface area contributed by atoms with Crippen LogP contribution >= 0.6 is 0 Å². The van der Waals surface area contributed by atoms with Crippen molar-refractivity contribution in [1.82, 2.24) is 9.88 Å². The average Bonchev–Trinajstić information content (AvgIpc) is 2.87. The molecule has 1 fully saturated rings. The number of carbonyl (C=O) groups excluding carboxylic acids is 3. The van der Waals surface area contributed by atoms with Crippen molar-refractivity contribution in [3.05, 3.63) is 53.9 Å². The summed E-state index contributed by atoms with van der Waals surface area (Å²) in [5, 5.41) is 0. The van der Waals surface area contributed by atoms with Gasteiger partial charge >= 0.3 is 11.5 Å². The lowest BCUT2D eigenvalue weighted by molar-refractivity contribution is -0.123.